The zero-order chi connectivity index (χ0) is 15.6. The molecule has 0 aromatic carbocycles. The average Bonchev–Trinajstić information content (AvgIpc) is 3.28. The molecule has 126 valence electrons. The Morgan fingerprint density at radius 2 is 1.78 bits per heavy atom. The molecule has 0 aliphatic carbocycles. The van der Waals surface area contributed by atoms with E-state index in [1.807, 2.05) is 16.0 Å². The van der Waals surface area contributed by atoms with E-state index in [1.165, 1.54) is 25.9 Å². The summed E-state index contributed by atoms with van der Waals surface area (Å²) in [5.74, 6) is 1.52. The molecule has 23 heavy (non-hydrogen) atoms. The van der Waals surface area contributed by atoms with E-state index in [0.29, 0.717) is 12.5 Å². The molecule has 0 unspecified atom stereocenters. The Hall–Kier alpha value is -1.56. The van der Waals surface area contributed by atoms with Gasteiger partial charge in [-0.1, -0.05) is 0 Å². The van der Waals surface area contributed by atoms with Gasteiger partial charge in [-0.25, -0.2) is 9.78 Å². The Balaban J connectivity index is 1.50. The number of carbonyl (C=O) groups excluding carboxylic acids is 1. The van der Waals surface area contributed by atoms with Crippen LogP contribution in [0.15, 0.2) is 12.4 Å². The van der Waals surface area contributed by atoms with Gasteiger partial charge in [0.25, 0.3) is 0 Å². The van der Waals surface area contributed by atoms with Gasteiger partial charge in [-0.2, -0.15) is 0 Å². The number of carbonyl (C=O) groups is 1. The van der Waals surface area contributed by atoms with Crippen molar-refractivity contribution in [1.82, 2.24) is 24.3 Å². The molecule has 2 fully saturated rings. The standard InChI is InChI=1S/C17H27N5O/c23-17(20-8-3-4-9-20)22-13-15(11-19-6-1-2-7-19)12-21-10-5-18-16(21)14-22/h5,10,15H,1-4,6-9,11-14H2/t15-/m1/s1. The topological polar surface area (TPSA) is 44.6 Å². The lowest BCUT2D eigenvalue weighted by molar-refractivity contribution is 0.144. The summed E-state index contributed by atoms with van der Waals surface area (Å²) in [6, 6.07) is 0.213. The number of nitrogens with zero attached hydrogens (tertiary/aromatic N) is 5. The SMILES string of the molecule is O=C(N1CCCC1)N1Cc2nccn2C[C@@H](CN2CCCC2)C1. The first kappa shape index (κ1) is 15.0. The molecule has 2 saturated heterocycles. The molecular weight excluding hydrogens is 290 g/mol. The van der Waals surface area contributed by atoms with Gasteiger partial charge >= 0.3 is 6.03 Å². The van der Waals surface area contributed by atoms with Crippen LogP contribution in [0.2, 0.25) is 0 Å². The molecule has 6 heteroatoms. The highest BCUT2D eigenvalue weighted by atomic mass is 16.2. The van der Waals surface area contributed by atoms with Crippen LogP contribution in [0.5, 0.6) is 0 Å². The fraction of sp³-hybridized carbons (Fsp3) is 0.765. The lowest BCUT2D eigenvalue weighted by Crippen LogP contribution is -2.44. The van der Waals surface area contributed by atoms with Crippen LogP contribution >= 0.6 is 0 Å². The van der Waals surface area contributed by atoms with Crippen molar-refractivity contribution in [3.8, 4) is 0 Å². The first-order chi connectivity index (χ1) is 11.3. The van der Waals surface area contributed by atoms with Gasteiger partial charge in [-0.15, -0.1) is 0 Å². The van der Waals surface area contributed by atoms with Crippen LogP contribution in [0, 0.1) is 5.92 Å². The lowest BCUT2D eigenvalue weighted by Gasteiger charge is -2.30. The molecular formula is C17H27N5O. The quantitative estimate of drug-likeness (QED) is 0.833. The molecule has 1 atom stereocenters. The van der Waals surface area contributed by atoms with Crippen molar-refractivity contribution < 1.29 is 4.79 Å². The number of hydrogen-bond donors (Lipinski definition) is 0. The Morgan fingerprint density at radius 1 is 1.04 bits per heavy atom. The number of rotatable bonds is 2. The normalized spacial score (nSPS) is 25.7. The second-order valence-electron chi connectivity index (χ2n) is 7.23. The monoisotopic (exact) mass is 317 g/mol. The van der Waals surface area contributed by atoms with E-state index >= 15 is 0 Å². The molecule has 0 spiro atoms. The molecule has 0 N–H and O–H groups in total. The van der Waals surface area contributed by atoms with E-state index in [9.17, 15) is 4.79 Å². The first-order valence-electron chi connectivity index (χ1n) is 9.06. The average molecular weight is 317 g/mol. The van der Waals surface area contributed by atoms with Crippen molar-refractivity contribution in [2.45, 2.75) is 38.8 Å². The van der Waals surface area contributed by atoms with E-state index in [1.54, 1.807) is 0 Å². The van der Waals surface area contributed by atoms with Gasteiger partial charge in [0.2, 0.25) is 0 Å². The summed E-state index contributed by atoms with van der Waals surface area (Å²) in [4.78, 5) is 24.0. The van der Waals surface area contributed by atoms with E-state index < -0.39 is 0 Å². The zero-order valence-electron chi connectivity index (χ0n) is 13.9. The molecule has 4 rings (SSSR count). The van der Waals surface area contributed by atoms with Crippen LogP contribution in [-0.4, -0.2) is 69.6 Å². The number of urea groups is 1. The van der Waals surface area contributed by atoms with Crippen molar-refractivity contribution in [3.05, 3.63) is 18.2 Å². The van der Waals surface area contributed by atoms with E-state index in [4.69, 9.17) is 0 Å². The van der Waals surface area contributed by atoms with Crippen molar-refractivity contribution in [1.29, 1.82) is 0 Å². The summed E-state index contributed by atoms with van der Waals surface area (Å²) < 4.78 is 2.25. The maximum atomic E-state index is 12.9. The third kappa shape index (κ3) is 3.22. The minimum absolute atomic E-state index is 0.213. The Morgan fingerprint density at radius 3 is 2.57 bits per heavy atom. The lowest BCUT2D eigenvalue weighted by atomic mass is 10.1. The second kappa shape index (κ2) is 6.51. The molecule has 1 aromatic rings. The number of imidazole rings is 1. The van der Waals surface area contributed by atoms with Crippen LogP contribution in [0.25, 0.3) is 0 Å². The third-order valence-electron chi connectivity index (χ3n) is 5.43. The van der Waals surface area contributed by atoms with E-state index in [2.05, 4.69) is 20.6 Å². The van der Waals surface area contributed by atoms with Gasteiger partial charge < -0.3 is 19.3 Å². The smallest absolute Gasteiger partial charge is 0.320 e. The molecule has 4 heterocycles. The van der Waals surface area contributed by atoms with Gasteiger partial charge in [0.15, 0.2) is 0 Å². The van der Waals surface area contributed by atoms with Crippen LogP contribution in [0.1, 0.15) is 31.5 Å². The minimum Gasteiger partial charge on any atom is -0.333 e. The number of fused-ring (bicyclic) bond motifs is 1. The first-order valence-corrected chi connectivity index (χ1v) is 9.06. The Labute approximate surface area is 138 Å². The fourth-order valence-electron chi connectivity index (χ4n) is 4.24. The van der Waals surface area contributed by atoms with Crippen LogP contribution in [0.4, 0.5) is 4.79 Å². The highest BCUT2D eigenvalue weighted by Gasteiger charge is 2.30. The second-order valence-corrected chi connectivity index (χ2v) is 7.23. The van der Waals surface area contributed by atoms with Gasteiger partial charge in [-0.05, 0) is 38.8 Å². The van der Waals surface area contributed by atoms with Crippen molar-refractivity contribution in [2.24, 2.45) is 5.92 Å². The molecule has 0 bridgehead atoms. The summed E-state index contributed by atoms with van der Waals surface area (Å²) in [6.45, 7) is 7.85. The Bertz CT molecular complexity index is 545. The summed E-state index contributed by atoms with van der Waals surface area (Å²) in [6.07, 6.45) is 8.86. The van der Waals surface area contributed by atoms with Crippen LogP contribution < -0.4 is 0 Å². The maximum Gasteiger partial charge on any atom is 0.320 e. The van der Waals surface area contributed by atoms with Gasteiger partial charge in [0, 0.05) is 51.0 Å². The van der Waals surface area contributed by atoms with Crippen LogP contribution in [0.3, 0.4) is 0 Å². The van der Waals surface area contributed by atoms with Crippen LogP contribution in [-0.2, 0) is 13.1 Å². The molecule has 0 saturated carbocycles. The maximum absolute atomic E-state index is 12.9. The Kier molecular flexibility index (Phi) is 4.25. The number of aromatic nitrogens is 2. The summed E-state index contributed by atoms with van der Waals surface area (Å²) >= 11 is 0. The molecule has 3 aliphatic heterocycles. The molecule has 1 aromatic heterocycles. The van der Waals surface area contributed by atoms with Gasteiger partial charge in [-0.3, -0.25) is 0 Å². The molecule has 2 amide bonds. The fourth-order valence-corrected chi connectivity index (χ4v) is 4.24. The summed E-state index contributed by atoms with van der Waals surface area (Å²) in [7, 11) is 0. The van der Waals surface area contributed by atoms with Gasteiger partial charge in [0.1, 0.15) is 5.82 Å². The number of amides is 2. The molecule has 6 nitrogen and oxygen atoms in total. The van der Waals surface area contributed by atoms with Gasteiger partial charge in [0.05, 0.1) is 6.54 Å². The molecule has 0 radical (unpaired) electrons. The van der Waals surface area contributed by atoms with E-state index in [0.717, 1.165) is 51.4 Å². The zero-order valence-corrected chi connectivity index (χ0v) is 13.9. The van der Waals surface area contributed by atoms with Crippen molar-refractivity contribution in [3.63, 3.8) is 0 Å². The predicted octanol–water partition coefficient (Wildman–Crippen LogP) is 1.63. The van der Waals surface area contributed by atoms with Crippen molar-refractivity contribution >= 4 is 6.03 Å². The third-order valence-corrected chi connectivity index (χ3v) is 5.43. The number of hydrogen-bond acceptors (Lipinski definition) is 3. The predicted molar refractivity (Wildman–Crippen MR) is 88.0 cm³/mol. The largest absolute Gasteiger partial charge is 0.333 e. The van der Waals surface area contributed by atoms with Crippen molar-refractivity contribution in [2.75, 3.05) is 39.3 Å². The highest BCUT2D eigenvalue weighted by molar-refractivity contribution is 5.74. The minimum atomic E-state index is 0.213. The summed E-state index contributed by atoms with van der Waals surface area (Å²) in [5.41, 5.74) is 0. The number of likely N-dealkylation sites (tertiary alicyclic amines) is 2. The highest BCUT2D eigenvalue weighted by Crippen LogP contribution is 2.21. The van der Waals surface area contributed by atoms with E-state index in [-0.39, 0.29) is 6.03 Å². The summed E-state index contributed by atoms with van der Waals surface area (Å²) in [5, 5.41) is 0. The molecule has 3 aliphatic rings.